The summed E-state index contributed by atoms with van der Waals surface area (Å²) in [6.45, 7) is 0. The number of hydrogen-bond acceptors (Lipinski definition) is 2. The molecule has 0 aromatic heterocycles. The van der Waals surface area contributed by atoms with E-state index in [1.54, 1.807) is 0 Å². The summed E-state index contributed by atoms with van der Waals surface area (Å²) in [5.74, 6) is 0. The maximum atomic E-state index is 6.22. The number of para-hydroxylation sites is 1. The smallest absolute Gasteiger partial charge is 0.0639 e. The van der Waals surface area contributed by atoms with Crippen LogP contribution in [0, 0.1) is 6.07 Å². The molecule has 0 saturated carbocycles. The predicted octanol–water partition coefficient (Wildman–Crippen LogP) is 3.94. The van der Waals surface area contributed by atoms with E-state index in [2.05, 4.69) is 23.1 Å². The van der Waals surface area contributed by atoms with Crippen molar-refractivity contribution in [3.8, 4) is 11.1 Å². The molecule has 0 bridgehead atoms. The average Bonchev–Trinajstić information content (AvgIpc) is 2.39. The van der Waals surface area contributed by atoms with E-state index < -0.39 is 0 Å². The van der Waals surface area contributed by atoms with E-state index in [4.69, 9.17) is 11.6 Å². The molecule has 2 rings (SSSR count). The van der Waals surface area contributed by atoms with Crippen molar-refractivity contribution in [3.63, 3.8) is 0 Å². The highest BCUT2D eigenvalue weighted by Gasteiger charge is 2.09. The van der Waals surface area contributed by atoms with Gasteiger partial charge in [-0.2, -0.15) is 0 Å². The Hall–Kier alpha value is -1.67. The van der Waals surface area contributed by atoms with Gasteiger partial charge < -0.3 is 9.80 Å². The Morgan fingerprint density at radius 3 is 2.37 bits per heavy atom. The lowest BCUT2D eigenvalue weighted by molar-refractivity contribution is 1.12. The van der Waals surface area contributed by atoms with Crippen molar-refractivity contribution in [3.05, 3.63) is 47.5 Å². The second kappa shape index (κ2) is 5.54. The Bertz CT molecular complexity index is 577. The summed E-state index contributed by atoms with van der Waals surface area (Å²) in [6.07, 6.45) is 0. The van der Waals surface area contributed by atoms with Gasteiger partial charge in [-0.15, -0.1) is 0 Å². The molecule has 2 aromatic rings. The zero-order valence-corrected chi connectivity index (χ0v) is 12.5. The molecule has 0 fully saturated rings. The summed E-state index contributed by atoms with van der Waals surface area (Å²) in [5.41, 5.74) is 4.41. The van der Waals surface area contributed by atoms with Crippen molar-refractivity contribution >= 4 is 23.0 Å². The largest absolute Gasteiger partial charge is 0.377 e. The normalized spacial score (nSPS) is 10.4. The first-order valence-corrected chi connectivity index (χ1v) is 6.54. The molecule has 0 aliphatic rings. The van der Waals surface area contributed by atoms with E-state index in [1.807, 2.05) is 57.4 Å². The molecule has 0 heterocycles. The molecule has 0 aliphatic heterocycles. The fourth-order valence-corrected chi connectivity index (χ4v) is 2.34. The highest BCUT2D eigenvalue weighted by molar-refractivity contribution is 6.33. The van der Waals surface area contributed by atoms with Crippen LogP contribution in [0.1, 0.15) is 0 Å². The first-order chi connectivity index (χ1) is 9.00. The van der Waals surface area contributed by atoms with Gasteiger partial charge in [0, 0.05) is 39.8 Å². The number of benzene rings is 2. The molecule has 0 spiro atoms. The molecule has 2 nitrogen and oxygen atoms in total. The molecule has 2 aromatic carbocycles. The minimum absolute atomic E-state index is 0.764. The molecule has 0 unspecified atom stereocenters. The van der Waals surface area contributed by atoms with Gasteiger partial charge in [-0.25, -0.2) is 0 Å². The van der Waals surface area contributed by atoms with Crippen LogP contribution in [0.15, 0.2) is 36.4 Å². The number of rotatable bonds is 3. The van der Waals surface area contributed by atoms with Crippen molar-refractivity contribution in [2.75, 3.05) is 38.0 Å². The third-order valence-corrected chi connectivity index (χ3v) is 3.34. The quantitative estimate of drug-likeness (QED) is 0.836. The summed E-state index contributed by atoms with van der Waals surface area (Å²) in [7, 11) is 8.04. The summed E-state index contributed by atoms with van der Waals surface area (Å²) in [6, 6.07) is 15.4. The lowest BCUT2D eigenvalue weighted by atomic mass is 10.0. The standard InChI is InChI=1S/C16H18ClN2/c1-18(2)15-8-6-5-7-13(15)12-9-10-14(17)16(11-12)19(3)4/h5-7,9-11H,1-4H3. The van der Waals surface area contributed by atoms with Crippen LogP contribution < -0.4 is 9.80 Å². The summed E-state index contributed by atoms with van der Waals surface area (Å²) < 4.78 is 0. The van der Waals surface area contributed by atoms with E-state index in [-0.39, 0.29) is 0 Å². The van der Waals surface area contributed by atoms with Crippen LogP contribution in [-0.4, -0.2) is 28.2 Å². The van der Waals surface area contributed by atoms with Gasteiger partial charge in [0.05, 0.1) is 16.4 Å². The maximum Gasteiger partial charge on any atom is 0.0639 e. The van der Waals surface area contributed by atoms with Gasteiger partial charge >= 0.3 is 0 Å². The van der Waals surface area contributed by atoms with Crippen molar-refractivity contribution in [1.82, 2.24) is 0 Å². The Labute approximate surface area is 120 Å². The monoisotopic (exact) mass is 273 g/mol. The lowest BCUT2D eigenvalue weighted by Crippen LogP contribution is -2.11. The summed E-state index contributed by atoms with van der Waals surface area (Å²) >= 11 is 6.22. The zero-order chi connectivity index (χ0) is 14.0. The van der Waals surface area contributed by atoms with Crippen LogP contribution in [-0.2, 0) is 0 Å². The SMILES string of the molecule is CN(C)c1[c]cccc1-c1ccc(Cl)c(N(C)C)c1. The minimum Gasteiger partial charge on any atom is -0.377 e. The van der Waals surface area contributed by atoms with Crippen LogP contribution in [0.3, 0.4) is 0 Å². The van der Waals surface area contributed by atoms with E-state index in [1.165, 1.54) is 0 Å². The van der Waals surface area contributed by atoms with Gasteiger partial charge in [0.25, 0.3) is 0 Å². The predicted molar refractivity (Wildman–Crippen MR) is 84.4 cm³/mol. The van der Waals surface area contributed by atoms with Crippen LogP contribution in [0.5, 0.6) is 0 Å². The summed E-state index contributed by atoms with van der Waals surface area (Å²) in [5, 5.41) is 0.764. The molecule has 1 radical (unpaired) electrons. The van der Waals surface area contributed by atoms with E-state index in [0.717, 1.165) is 27.5 Å². The third-order valence-electron chi connectivity index (χ3n) is 3.02. The Balaban J connectivity index is 2.57. The average molecular weight is 274 g/mol. The molecule has 0 saturated heterocycles. The number of anilines is 2. The van der Waals surface area contributed by atoms with Gasteiger partial charge in [-0.1, -0.05) is 35.9 Å². The first kappa shape index (κ1) is 13.8. The van der Waals surface area contributed by atoms with Gasteiger partial charge in [-0.05, 0) is 17.7 Å². The molecule has 0 N–H and O–H groups in total. The molecule has 3 heteroatoms. The van der Waals surface area contributed by atoms with Gasteiger partial charge in [0.1, 0.15) is 0 Å². The Kier molecular flexibility index (Phi) is 4.01. The van der Waals surface area contributed by atoms with Crippen LogP contribution >= 0.6 is 11.6 Å². The second-order valence-electron chi connectivity index (χ2n) is 4.89. The highest BCUT2D eigenvalue weighted by atomic mass is 35.5. The van der Waals surface area contributed by atoms with E-state index in [0.29, 0.717) is 0 Å². The minimum atomic E-state index is 0.764. The van der Waals surface area contributed by atoms with Crippen molar-refractivity contribution in [2.24, 2.45) is 0 Å². The number of hydrogen-bond donors (Lipinski definition) is 0. The van der Waals surface area contributed by atoms with Gasteiger partial charge in [0.15, 0.2) is 0 Å². The fourth-order valence-electron chi connectivity index (χ4n) is 2.05. The van der Waals surface area contributed by atoms with E-state index >= 15 is 0 Å². The number of nitrogens with zero attached hydrogens (tertiary/aromatic N) is 2. The highest BCUT2D eigenvalue weighted by Crippen LogP contribution is 2.34. The molecule has 0 aliphatic carbocycles. The van der Waals surface area contributed by atoms with Crippen LogP contribution in [0.25, 0.3) is 11.1 Å². The Morgan fingerprint density at radius 2 is 1.74 bits per heavy atom. The number of halogens is 1. The molecule has 19 heavy (non-hydrogen) atoms. The molecular formula is C16H18ClN2. The summed E-state index contributed by atoms with van der Waals surface area (Å²) in [4.78, 5) is 4.09. The first-order valence-electron chi connectivity index (χ1n) is 6.16. The van der Waals surface area contributed by atoms with Crippen molar-refractivity contribution in [1.29, 1.82) is 0 Å². The molecule has 0 atom stereocenters. The molecular weight excluding hydrogens is 256 g/mol. The lowest BCUT2D eigenvalue weighted by Gasteiger charge is -2.19. The van der Waals surface area contributed by atoms with Gasteiger partial charge in [0.2, 0.25) is 0 Å². The Morgan fingerprint density at radius 1 is 1.00 bits per heavy atom. The molecule has 0 amide bonds. The van der Waals surface area contributed by atoms with Crippen molar-refractivity contribution < 1.29 is 0 Å². The van der Waals surface area contributed by atoms with Crippen molar-refractivity contribution in [2.45, 2.75) is 0 Å². The topological polar surface area (TPSA) is 6.48 Å². The van der Waals surface area contributed by atoms with Gasteiger partial charge in [-0.3, -0.25) is 0 Å². The maximum absolute atomic E-state index is 6.22. The zero-order valence-electron chi connectivity index (χ0n) is 11.7. The fraction of sp³-hybridized carbons (Fsp3) is 0.250. The van der Waals surface area contributed by atoms with E-state index in [9.17, 15) is 0 Å². The third kappa shape index (κ3) is 2.85. The van der Waals surface area contributed by atoms with Crippen LogP contribution in [0.2, 0.25) is 5.02 Å². The second-order valence-corrected chi connectivity index (χ2v) is 5.29. The van der Waals surface area contributed by atoms with Crippen LogP contribution in [0.4, 0.5) is 11.4 Å². The molecule has 99 valence electrons.